The Bertz CT molecular complexity index is 1500. The number of rotatable bonds is 13. The Morgan fingerprint density at radius 1 is 1.02 bits per heavy atom. The van der Waals surface area contributed by atoms with Gasteiger partial charge in [0.15, 0.2) is 0 Å². The average Bonchev–Trinajstić information content (AvgIpc) is 3.42. The third-order valence-corrected chi connectivity index (χ3v) is 7.27. The Morgan fingerprint density at radius 3 is 2.30 bits per heavy atom. The Balaban J connectivity index is 1.46. The van der Waals surface area contributed by atoms with Crippen LogP contribution in [0.2, 0.25) is 0 Å². The standard InChI is InChI=1S/C33H40N6O4/c1-33(2,3)25-8-10-26(11-9-25)39-30(22-28(37-39)24-14-17-35-18-15-24)36-16-4-5-31(42)38(19-20-40)29(32(34)43)21-23-6-12-27(41)13-7-23/h6-15,17-18,22,29,36,40-41H,4-5,16,19-21H2,1-3H3,(H2,34,43)/t29-/m0/s1. The lowest BCUT2D eigenvalue weighted by atomic mass is 9.87. The highest BCUT2D eigenvalue weighted by Crippen LogP contribution is 2.27. The van der Waals surface area contributed by atoms with Crippen molar-refractivity contribution in [1.82, 2.24) is 19.7 Å². The van der Waals surface area contributed by atoms with Gasteiger partial charge in [0.25, 0.3) is 0 Å². The molecule has 4 rings (SSSR count). The highest BCUT2D eigenvalue weighted by atomic mass is 16.3. The third kappa shape index (κ3) is 8.20. The largest absolute Gasteiger partial charge is 0.508 e. The Kier molecular flexibility index (Phi) is 10.2. The van der Waals surface area contributed by atoms with Crippen molar-refractivity contribution in [3.63, 3.8) is 0 Å². The number of benzene rings is 2. The number of aromatic nitrogens is 3. The lowest BCUT2D eigenvalue weighted by Gasteiger charge is -2.29. The first kappa shape index (κ1) is 31.2. The molecule has 0 fully saturated rings. The van der Waals surface area contributed by atoms with Crippen LogP contribution in [0.25, 0.3) is 16.9 Å². The second-order valence-electron chi connectivity index (χ2n) is 11.5. The van der Waals surface area contributed by atoms with Gasteiger partial charge in [-0.1, -0.05) is 45.0 Å². The van der Waals surface area contributed by atoms with E-state index < -0.39 is 11.9 Å². The van der Waals surface area contributed by atoms with Crippen molar-refractivity contribution in [1.29, 1.82) is 0 Å². The van der Waals surface area contributed by atoms with Gasteiger partial charge in [-0.15, -0.1) is 0 Å². The molecule has 43 heavy (non-hydrogen) atoms. The summed E-state index contributed by atoms with van der Waals surface area (Å²) in [4.78, 5) is 31.0. The van der Waals surface area contributed by atoms with Gasteiger partial charge >= 0.3 is 0 Å². The van der Waals surface area contributed by atoms with Crippen molar-refractivity contribution < 1.29 is 19.8 Å². The van der Waals surface area contributed by atoms with Crippen molar-refractivity contribution in [2.45, 2.75) is 51.5 Å². The molecule has 10 heteroatoms. The number of aromatic hydroxyl groups is 1. The number of nitrogens with one attached hydrogen (secondary N) is 1. The summed E-state index contributed by atoms with van der Waals surface area (Å²) in [6.45, 7) is 6.68. The lowest BCUT2D eigenvalue weighted by molar-refractivity contribution is -0.139. The third-order valence-electron chi connectivity index (χ3n) is 7.27. The lowest BCUT2D eigenvalue weighted by Crippen LogP contribution is -2.50. The number of primary amides is 1. The SMILES string of the molecule is CC(C)(C)c1ccc(-n2nc(-c3ccncc3)cc2NCCCC(=O)N(CCO)[C@@H](Cc2ccc(O)cc2)C(N)=O)cc1. The number of carbonyl (C=O) groups excluding carboxylic acids is 2. The van der Waals surface area contributed by atoms with E-state index >= 15 is 0 Å². The van der Waals surface area contributed by atoms with E-state index in [-0.39, 0.29) is 43.1 Å². The van der Waals surface area contributed by atoms with Crippen molar-refractivity contribution in [2.24, 2.45) is 5.73 Å². The van der Waals surface area contributed by atoms with Gasteiger partial charge in [-0.25, -0.2) is 4.68 Å². The Morgan fingerprint density at radius 2 is 1.70 bits per heavy atom. The normalized spacial score (nSPS) is 12.1. The molecule has 0 aliphatic heterocycles. The molecule has 0 spiro atoms. The number of aliphatic hydroxyl groups is 1. The van der Waals surface area contributed by atoms with E-state index in [4.69, 9.17) is 10.8 Å². The van der Waals surface area contributed by atoms with Crippen LogP contribution in [0.1, 0.15) is 44.7 Å². The molecule has 226 valence electrons. The minimum absolute atomic E-state index is 0.00935. The van der Waals surface area contributed by atoms with Crippen molar-refractivity contribution in [3.05, 3.63) is 90.3 Å². The molecule has 1 atom stereocenters. The van der Waals surface area contributed by atoms with Gasteiger partial charge in [-0.2, -0.15) is 5.10 Å². The molecule has 0 saturated heterocycles. The molecule has 10 nitrogen and oxygen atoms in total. The molecule has 2 heterocycles. The van der Waals surface area contributed by atoms with Crippen LogP contribution in [-0.2, 0) is 21.4 Å². The minimum Gasteiger partial charge on any atom is -0.508 e. The first-order valence-corrected chi connectivity index (χ1v) is 14.4. The number of phenols is 1. The van der Waals surface area contributed by atoms with Gasteiger partial charge in [-0.05, 0) is 59.4 Å². The molecule has 2 aromatic carbocycles. The van der Waals surface area contributed by atoms with E-state index in [1.807, 2.05) is 35.0 Å². The monoisotopic (exact) mass is 584 g/mol. The number of hydrogen-bond donors (Lipinski definition) is 4. The zero-order valence-electron chi connectivity index (χ0n) is 24.9. The van der Waals surface area contributed by atoms with Crippen LogP contribution in [0.3, 0.4) is 0 Å². The van der Waals surface area contributed by atoms with E-state index in [1.54, 1.807) is 24.5 Å². The summed E-state index contributed by atoms with van der Waals surface area (Å²) >= 11 is 0. The molecule has 0 bridgehead atoms. The fourth-order valence-corrected chi connectivity index (χ4v) is 4.85. The van der Waals surface area contributed by atoms with Crippen LogP contribution in [0.15, 0.2) is 79.1 Å². The van der Waals surface area contributed by atoms with Crippen LogP contribution in [-0.4, -0.2) is 67.4 Å². The quantitative estimate of drug-likeness (QED) is 0.173. The van der Waals surface area contributed by atoms with Gasteiger partial charge in [0, 0.05) is 50.0 Å². The summed E-state index contributed by atoms with van der Waals surface area (Å²) in [6, 6.07) is 19.5. The van der Waals surface area contributed by atoms with E-state index in [1.165, 1.54) is 22.6 Å². The summed E-state index contributed by atoms with van der Waals surface area (Å²) in [5.41, 5.74) is 10.3. The zero-order chi connectivity index (χ0) is 31.0. The van der Waals surface area contributed by atoms with Gasteiger partial charge in [-0.3, -0.25) is 14.6 Å². The van der Waals surface area contributed by atoms with E-state index in [0.717, 1.165) is 28.3 Å². The van der Waals surface area contributed by atoms with Gasteiger partial charge < -0.3 is 26.2 Å². The molecule has 5 N–H and O–H groups in total. The molecule has 2 aromatic heterocycles. The van der Waals surface area contributed by atoms with Crippen LogP contribution in [0.5, 0.6) is 5.75 Å². The predicted octanol–water partition coefficient (Wildman–Crippen LogP) is 4.05. The molecule has 0 unspecified atom stereocenters. The van der Waals surface area contributed by atoms with Gasteiger partial charge in [0.05, 0.1) is 18.0 Å². The van der Waals surface area contributed by atoms with Crippen molar-refractivity contribution in [2.75, 3.05) is 25.0 Å². The molecule has 4 aromatic rings. The number of nitrogens with zero attached hydrogens (tertiary/aromatic N) is 4. The summed E-state index contributed by atoms with van der Waals surface area (Å²) in [7, 11) is 0. The van der Waals surface area contributed by atoms with E-state index in [9.17, 15) is 19.8 Å². The maximum absolute atomic E-state index is 13.2. The van der Waals surface area contributed by atoms with Gasteiger partial charge in [0.2, 0.25) is 11.8 Å². The van der Waals surface area contributed by atoms with Crippen LogP contribution < -0.4 is 11.1 Å². The predicted molar refractivity (Wildman–Crippen MR) is 167 cm³/mol. The molecular formula is C33H40N6O4. The summed E-state index contributed by atoms with van der Waals surface area (Å²) in [5.74, 6) is -0.0520. The highest BCUT2D eigenvalue weighted by Gasteiger charge is 2.28. The number of aliphatic hydroxyl groups excluding tert-OH is 1. The number of anilines is 1. The maximum Gasteiger partial charge on any atom is 0.240 e. The second kappa shape index (κ2) is 14.0. The topological polar surface area (TPSA) is 147 Å². The molecule has 2 amide bonds. The summed E-state index contributed by atoms with van der Waals surface area (Å²) in [6.07, 6.45) is 4.27. The Labute approximate surface area is 252 Å². The highest BCUT2D eigenvalue weighted by molar-refractivity contribution is 5.87. The molecular weight excluding hydrogens is 544 g/mol. The molecule has 0 saturated carbocycles. The number of amides is 2. The number of carbonyl (C=O) groups is 2. The van der Waals surface area contributed by atoms with Crippen molar-refractivity contribution >= 4 is 17.6 Å². The average molecular weight is 585 g/mol. The Hall–Kier alpha value is -4.70. The molecule has 0 aliphatic carbocycles. The second-order valence-corrected chi connectivity index (χ2v) is 11.5. The fourth-order valence-electron chi connectivity index (χ4n) is 4.85. The van der Waals surface area contributed by atoms with E-state index in [2.05, 4.69) is 43.2 Å². The van der Waals surface area contributed by atoms with Crippen LogP contribution >= 0.6 is 0 Å². The maximum atomic E-state index is 13.2. The number of phenolic OH excluding ortho intramolecular Hbond substituents is 1. The smallest absolute Gasteiger partial charge is 0.240 e. The number of pyridine rings is 1. The summed E-state index contributed by atoms with van der Waals surface area (Å²) < 4.78 is 1.85. The van der Waals surface area contributed by atoms with Crippen LogP contribution in [0.4, 0.5) is 5.82 Å². The summed E-state index contributed by atoms with van der Waals surface area (Å²) in [5, 5.41) is 27.5. The fraction of sp³-hybridized carbons (Fsp3) is 0.333. The first-order chi connectivity index (χ1) is 20.6. The van der Waals surface area contributed by atoms with Gasteiger partial charge in [0.1, 0.15) is 17.6 Å². The number of hydrogen-bond acceptors (Lipinski definition) is 7. The van der Waals surface area contributed by atoms with E-state index in [0.29, 0.717) is 13.0 Å². The molecule has 0 radical (unpaired) electrons. The first-order valence-electron chi connectivity index (χ1n) is 14.4. The van der Waals surface area contributed by atoms with Crippen LogP contribution in [0, 0.1) is 0 Å². The number of nitrogens with two attached hydrogens (primary N) is 1. The van der Waals surface area contributed by atoms with Crippen molar-refractivity contribution in [3.8, 4) is 22.7 Å². The molecule has 0 aliphatic rings. The minimum atomic E-state index is -0.919. The zero-order valence-corrected chi connectivity index (χ0v) is 24.9.